The van der Waals surface area contributed by atoms with Gasteiger partial charge in [-0.2, -0.15) is 0 Å². The Labute approximate surface area is 109 Å². The summed E-state index contributed by atoms with van der Waals surface area (Å²) in [7, 11) is 0. The zero-order valence-corrected chi connectivity index (χ0v) is 10.8. The monoisotopic (exact) mass is 271 g/mol. The molecule has 0 aliphatic carbocycles. The smallest absolute Gasteiger partial charge is 0.335 e. The predicted octanol–water partition coefficient (Wildman–Crippen LogP) is -1.56. The minimum Gasteiger partial charge on any atom is -0.442 e. The molecule has 8 heteroatoms. The molecule has 0 bridgehead atoms. The molecule has 8 nitrogen and oxygen atoms in total. The van der Waals surface area contributed by atoms with Crippen LogP contribution in [0, 0.1) is 5.92 Å². The first kappa shape index (κ1) is 15.1. The molecule has 19 heavy (non-hydrogen) atoms. The lowest BCUT2D eigenvalue weighted by molar-refractivity contribution is -0.150. The molecule has 1 atom stereocenters. The lowest BCUT2D eigenvalue weighted by Gasteiger charge is -2.15. The Bertz CT molecular complexity index is 560. The lowest BCUT2D eigenvalue weighted by atomic mass is 10.1. The summed E-state index contributed by atoms with van der Waals surface area (Å²) in [5.74, 6) is -0.810. The summed E-state index contributed by atoms with van der Waals surface area (Å²) < 4.78 is 6.41. The quantitative estimate of drug-likeness (QED) is 0.626. The first-order chi connectivity index (χ1) is 8.88. The van der Waals surface area contributed by atoms with Crippen LogP contribution >= 0.6 is 0 Å². The average molecular weight is 271 g/mol. The topological polar surface area (TPSA) is 117 Å². The number of aromatic nitrogens is 2. The number of rotatable bonds is 5. The van der Waals surface area contributed by atoms with E-state index in [0.29, 0.717) is 4.57 Å². The number of aliphatic hydroxyl groups is 1. The number of carbonyl (C=O) groups is 1. The van der Waals surface area contributed by atoms with Crippen molar-refractivity contribution in [3.05, 3.63) is 33.1 Å². The van der Waals surface area contributed by atoms with E-state index in [1.807, 2.05) is 0 Å². The molecule has 0 aromatic carbocycles. The second-order valence-electron chi connectivity index (χ2n) is 4.34. The molecule has 106 valence electrons. The molecule has 3 N–H and O–H groups in total. The SMILES string of the molecule is CC(C)C(N)C(=O)OCn1c(=O)ccn(CO)c1=O. The molecule has 0 fully saturated rings. The Balaban J connectivity index is 2.87. The van der Waals surface area contributed by atoms with Crippen molar-refractivity contribution in [3.8, 4) is 0 Å². The van der Waals surface area contributed by atoms with E-state index in [2.05, 4.69) is 0 Å². The molecule has 1 rings (SSSR count). The van der Waals surface area contributed by atoms with Gasteiger partial charge in [0.2, 0.25) is 0 Å². The summed E-state index contributed by atoms with van der Waals surface area (Å²) in [6.07, 6.45) is 1.16. The highest BCUT2D eigenvalue weighted by atomic mass is 16.5. The van der Waals surface area contributed by atoms with Crippen LogP contribution in [-0.4, -0.2) is 26.3 Å². The highest BCUT2D eigenvalue weighted by Gasteiger charge is 2.19. The van der Waals surface area contributed by atoms with Gasteiger partial charge in [-0.15, -0.1) is 0 Å². The highest BCUT2D eigenvalue weighted by molar-refractivity contribution is 5.75. The molecule has 1 unspecified atom stereocenters. The molecular formula is C11H17N3O5. The first-order valence-corrected chi connectivity index (χ1v) is 5.71. The second-order valence-corrected chi connectivity index (χ2v) is 4.34. The summed E-state index contributed by atoms with van der Waals surface area (Å²) in [5, 5.41) is 8.89. The summed E-state index contributed by atoms with van der Waals surface area (Å²) in [5.41, 5.74) is 4.18. The van der Waals surface area contributed by atoms with Gasteiger partial charge in [-0.25, -0.2) is 9.36 Å². The molecule has 1 heterocycles. The largest absolute Gasteiger partial charge is 0.442 e. The van der Waals surface area contributed by atoms with Gasteiger partial charge >= 0.3 is 11.7 Å². The number of aliphatic hydroxyl groups excluding tert-OH is 1. The summed E-state index contributed by atoms with van der Waals surface area (Å²) in [6, 6.07) is 0.271. The first-order valence-electron chi connectivity index (χ1n) is 5.71. The van der Waals surface area contributed by atoms with E-state index in [9.17, 15) is 14.4 Å². The van der Waals surface area contributed by atoms with Gasteiger partial charge in [0.25, 0.3) is 5.56 Å². The maximum absolute atomic E-state index is 11.7. The van der Waals surface area contributed by atoms with Gasteiger partial charge in [-0.1, -0.05) is 13.8 Å². The molecular weight excluding hydrogens is 254 g/mol. The van der Waals surface area contributed by atoms with Gasteiger partial charge in [0.15, 0.2) is 6.73 Å². The number of carbonyl (C=O) groups excluding carboxylic acids is 1. The molecule has 0 amide bonds. The molecule has 0 saturated heterocycles. The molecule has 0 saturated carbocycles. The van der Waals surface area contributed by atoms with E-state index in [1.54, 1.807) is 13.8 Å². The van der Waals surface area contributed by atoms with Crippen LogP contribution in [0.5, 0.6) is 0 Å². The van der Waals surface area contributed by atoms with Gasteiger partial charge in [0.1, 0.15) is 12.8 Å². The van der Waals surface area contributed by atoms with E-state index in [1.165, 1.54) is 0 Å². The van der Waals surface area contributed by atoms with Crippen LogP contribution in [0.2, 0.25) is 0 Å². The van der Waals surface area contributed by atoms with Gasteiger partial charge in [-0.05, 0) is 5.92 Å². The van der Waals surface area contributed by atoms with Crippen LogP contribution in [0.4, 0.5) is 0 Å². The van der Waals surface area contributed by atoms with Gasteiger partial charge in [-0.3, -0.25) is 14.2 Å². The molecule has 1 aromatic heterocycles. The van der Waals surface area contributed by atoms with Crippen LogP contribution in [0.25, 0.3) is 0 Å². The number of hydrogen-bond donors (Lipinski definition) is 2. The third-order valence-electron chi connectivity index (χ3n) is 2.62. The van der Waals surface area contributed by atoms with Crippen molar-refractivity contribution in [2.24, 2.45) is 11.7 Å². The zero-order valence-electron chi connectivity index (χ0n) is 10.8. The molecule has 0 radical (unpaired) electrons. The summed E-state index contributed by atoms with van der Waals surface area (Å²) >= 11 is 0. The number of hydrogen-bond acceptors (Lipinski definition) is 6. The van der Waals surface area contributed by atoms with Gasteiger partial charge < -0.3 is 15.6 Å². The maximum atomic E-state index is 11.7. The third-order valence-corrected chi connectivity index (χ3v) is 2.62. The Hall–Kier alpha value is -1.93. The van der Waals surface area contributed by atoms with Crippen molar-refractivity contribution in [1.29, 1.82) is 0 Å². The molecule has 0 aliphatic heterocycles. The van der Waals surface area contributed by atoms with Crippen LogP contribution < -0.4 is 17.0 Å². The molecule has 0 aliphatic rings. The van der Waals surface area contributed by atoms with Crippen molar-refractivity contribution in [2.75, 3.05) is 0 Å². The van der Waals surface area contributed by atoms with E-state index in [0.717, 1.165) is 16.8 Å². The van der Waals surface area contributed by atoms with Crippen molar-refractivity contribution >= 4 is 5.97 Å². The van der Waals surface area contributed by atoms with Crippen LogP contribution in [0.1, 0.15) is 13.8 Å². The maximum Gasteiger partial charge on any atom is 0.335 e. The summed E-state index contributed by atoms with van der Waals surface area (Å²) in [4.78, 5) is 34.7. The van der Waals surface area contributed by atoms with Gasteiger partial charge in [0.05, 0.1) is 0 Å². The number of ether oxygens (including phenoxy) is 1. The fourth-order valence-corrected chi connectivity index (χ4v) is 1.28. The van der Waals surface area contributed by atoms with Crippen LogP contribution in [0.15, 0.2) is 21.9 Å². The molecule has 0 spiro atoms. The minimum atomic E-state index is -0.820. The normalized spacial score (nSPS) is 12.5. The third kappa shape index (κ3) is 3.52. The van der Waals surface area contributed by atoms with E-state index >= 15 is 0 Å². The number of esters is 1. The Kier molecular flexibility index (Phi) is 5.02. The van der Waals surface area contributed by atoms with Crippen LogP contribution in [-0.2, 0) is 23.0 Å². The minimum absolute atomic E-state index is 0.117. The van der Waals surface area contributed by atoms with E-state index < -0.39 is 36.7 Å². The fourth-order valence-electron chi connectivity index (χ4n) is 1.28. The van der Waals surface area contributed by atoms with Crippen molar-refractivity contribution in [3.63, 3.8) is 0 Å². The average Bonchev–Trinajstić information content (AvgIpc) is 2.37. The second kappa shape index (κ2) is 6.30. The number of nitrogens with two attached hydrogens (primary N) is 1. The highest BCUT2D eigenvalue weighted by Crippen LogP contribution is 2.00. The Morgan fingerprint density at radius 3 is 2.63 bits per heavy atom. The van der Waals surface area contributed by atoms with Crippen LogP contribution in [0.3, 0.4) is 0 Å². The fraction of sp³-hybridized carbons (Fsp3) is 0.545. The van der Waals surface area contributed by atoms with E-state index in [4.69, 9.17) is 15.6 Å². The van der Waals surface area contributed by atoms with Crippen molar-refractivity contribution in [2.45, 2.75) is 33.4 Å². The van der Waals surface area contributed by atoms with Gasteiger partial charge in [0, 0.05) is 12.3 Å². The Morgan fingerprint density at radius 2 is 2.11 bits per heavy atom. The predicted molar refractivity (Wildman–Crippen MR) is 66.1 cm³/mol. The zero-order chi connectivity index (χ0) is 14.6. The van der Waals surface area contributed by atoms with Crippen molar-refractivity contribution < 1.29 is 14.6 Å². The molecule has 1 aromatic rings. The standard InChI is InChI=1S/C11H17N3O5/c1-7(2)9(12)10(17)19-6-14-8(16)3-4-13(5-15)11(14)18/h3-4,7,9,15H,5-6,12H2,1-2H3. The number of nitrogens with zero attached hydrogens (tertiary/aromatic N) is 2. The van der Waals surface area contributed by atoms with Crippen molar-refractivity contribution in [1.82, 2.24) is 9.13 Å². The van der Waals surface area contributed by atoms with E-state index in [-0.39, 0.29) is 5.92 Å². The lowest BCUT2D eigenvalue weighted by Crippen LogP contribution is -2.42. The Morgan fingerprint density at radius 1 is 1.47 bits per heavy atom. The summed E-state index contributed by atoms with van der Waals surface area (Å²) in [6.45, 7) is 2.40.